The number of nitrogens with zero attached hydrogens (tertiary/aromatic N) is 1. The van der Waals surface area contributed by atoms with E-state index in [0.717, 1.165) is 22.9 Å². The molecule has 62 heavy (non-hydrogen) atoms. The minimum atomic E-state index is -1.25. The molecule has 0 aliphatic heterocycles. The van der Waals surface area contributed by atoms with Gasteiger partial charge in [0.2, 0.25) is 41.4 Å². The number of hydrogen-bond donors (Lipinski definition) is 11. The third-order valence-electron chi connectivity index (χ3n) is 10.1. The van der Waals surface area contributed by atoms with E-state index in [1.54, 1.807) is 36.5 Å². The van der Waals surface area contributed by atoms with Crippen molar-refractivity contribution < 1.29 is 33.6 Å². The fraction of sp³-hybridized carbons (Fsp3) is 0.488. The zero-order chi connectivity index (χ0) is 45.6. The fourth-order valence-electron chi connectivity index (χ4n) is 6.75. The van der Waals surface area contributed by atoms with Crippen molar-refractivity contribution in [1.29, 1.82) is 0 Å². The number of carbonyl (C=O) groups is 7. The highest BCUT2D eigenvalue weighted by molar-refractivity contribution is 5.97. The number of primary amides is 1. The summed E-state index contributed by atoms with van der Waals surface area (Å²) >= 11 is 0. The number of rotatable bonds is 27. The maximum Gasteiger partial charge on any atom is 0.243 e. The standard InChI is InChI=1S/C43H64N12O7/c1-4-5-17-32(51-27(3)56)39(59)50-26(2)38(58)52-33(19-11-12-21-44)41(61)55-36(23-28-14-7-6-8-15-28)42(62)53-34(20-13-22-48-43(46)47)40(60)54-35(37(45)57)24-29-25-49-31-18-10-9-16-30(29)31/h6-10,14-16,18,25-26,32-36,49H,4-5,11-13,17,19-24,44H2,1-3H3,(H2,45,57)(H,50,59)(H,51,56)(H,52,58)(H,53,62)(H,54,60)(H,55,61)(H4,46,47,48)/t26-,32-,33-,34-,35-,36+/m0/s1. The van der Waals surface area contributed by atoms with Gasteiger partial charge in [-0.15, -0.1) is 0 Å². The molecule has 1 aromatic heterocycles. The molecule has 3 rings (SSSR count). The number of hydrogen-bond acceptors (Lipinski definition) is 9. The summed E-state index contributed by atoms with van der Waals surface area (Å²) < 4.78 is 0. The number of benzene rings is 2. The van der Waals surface area contributed by atoms with Crippen LogP contribution in [0.15, 0.2) is 65.8 Å². The number of unbranched alkanes of at least 4 members (excludes halogenated alkanes) is 2. The molecule has 7 amide bonds. The third kappa shape index (κ3) is 16.9. The summed E-state index contributed by atoms with van der Waals surface area (Å²) in [4.78, 5) is 100. The van der Waals surface area contributed by atoms with Gasteiger partial charge >= 0.3 is 0 Å². The Morgan fingerprint density at radius 1 is 0.629 bits per heavy atom. The number of H-pyrrole nitrogens is 1. The molecule has 0 unspecified atom stereocenters. The molecule has 1 heterocycles. The van der Waals surface area contributed by atoms with Crippen molar-refractivity contribution >= 4 is 58.2 Å². The first kappa shape index (κ1) is 49.9. The number of nitrogens with two attached hydrogens (primary N) is 4. The molecule has 19 heteroatoms. The van der Waals surface area contributed by atoms with Crippen molar-refractivity contribution in [2.24, 2.45) is 27.9 Å². The summed E-state index contributed by atoms with van der Waals surface area (Å²) in [5.41, 5.74) is 24.8. The fourth-order valence-corrected chi connectivity index (χ4v) is 6.75. The number of nitrogens with one attached hydrogen (secondary N) is 7. The number of aromatic amines is 1. The Hall–Kier alpha value is -6.50. The SMILES string of the molecule is CCCC[C@H](NC(C)=O)C(=O)N[C@@H](C)C(=O)N[C@@H](CCCCN)C(=O)N[C@H](Cc1ccccc1)C(=O)N[C@@H](CCCN=C(N)N)C(=O)N[C@@H](Cc1c[nH]c2ccccc12)C(N)=O. The summed E-state index contributed by atoms with van der Waals surface area (Å²) in [5, 5.41) is 17.0. The van der Waals surface area contributed by atoms with E-state index in [0.29, 0.717) is 37.8 Å². The van der Waals surface area contributed by atoms with E-state index in [1.165, 1.54) is 13.8 Å². The van der Waals surface area contributed by atoms with E-state index >= 15 is 0 Å². The topological polar surface area (TPSA) is 324 Å². The lowest BCUT2D eigenvalue weighted by molar-refractivity contribution is -0.135. The van der Waals surface area contributed by atoms with Crippen LogP contribution >= 0.6 is 0 Å². The van der Waals surface area contributed by atoms with Crippen LogP contribution in [0.3, 0.4) is 0 Å². The highest BCUT2D eigenvalue weighted by Crippen LogP contribution is 2.19. The maximum absolute atomic E-state index is 14.3. The lowest BCUT2D eigenvalue weighted by Crippen LogP contribution is -2.59. The van der Waals surface area contributed by atoms with E-state index in [2.05, 4.69) is 41.9 Å². The zero-order valence-corrected chi connectivity index (χ0v) is 35.8. The molecule has 0 fully saturated rings. The van der Waals surface area contributed by atoms with Gasteiger partial charge < -0.3 is 59.8 Å². The molecule has 3 aromatic rings. The van der Waals surface area contributed by atoms with Crippen LogP contribution in [0.1, 0.15) is 83.3 Å². The number of fused-ring (bicyclic) bond motifs is 1. The minimum Gasteiger partial charge on any atom is -0.370 e. The Bertz CT molecular complexity index is 1980. The summed E-state index contributed by atoms with van der Waals surface area (Å²) in [7, 11) is 0. The summed E-state index contributed by atoms with van der Waals surface area (Å²) in [5.74, 6) is -4.65. The number of para-hydroxylation sites is 1. The Morgan fingerprint density at radius 3 is 1.81 bits per heavy atom. The molecule has 6 atom stereocenters. The Kier molecular flexibility index (Phi) is 20.9. The van der Waals surface area contributed by atoms with E-state index in [-0.39, 0.29) is 44.6 Å². The van der Waals surface area contributed by atoms with Crippen LogP contribution in [0.4, 0.5) is 0 Å². The van der Waals surface area contributed by atoms with Crippen LogP contribution in [0, 0.1) is 0 Å². The summed E-state index contributed by atoms with van der Waals surface area (Å²) in [6, 6.07) is 9.65. The molecule has 0 radical (unpaired) electrons. The van der Waals surface area contributed by atoms with E-state index in [1.807, 2.05) is 31.2 Å². The molecule has 2 aromatic carbocycles. The van der Waals surface area contributed by atoms with E-state index in [4.69, 9.17) is 22.9 Å². The largest absolute Gasteiger partial charge is 0.370 e. The third-order valence-corrected chi connectivity index (χ3v) is 10.1. The van der Waals surface area contributed by atoms with Gasteiger partial charge in [0.25, 0.3) is 0 Å². The van der Waals surface area contributed by atoms with E-state index < -0.39 is 77.6 Å². The molecule has 338 valence electrons. The van der Waals surface area contributed by atoms with E-state index in [9.17, 15) is 33.6 Å². The molecule has 19 nitrogen and oxygen atoms in total. The molecule has 0 aliphatic carbocycles. The first-order valence-electron chi connectivity index (χ1n) is 21.1. The second-order valence-corrected chi connectivity index (χ2v) is 15.3. The average Bonchev–Trinajstić information content (AvgIpc) is 3.64. The minimum absolute atomic E-state index is 0.00342. The Balaban J connectivity index is 1.86. The van der Waals surface area contributed by atoms with Gasteiger partial charge in [-0.2, -0.15) is 0 Å². The van der Waals surface area contributed by atoms with Gasteiger partial charge in [0, 0.05) is 43.4 Å². The second kappa shape index (κ2) is 26.0. The predicted molar refractivity (Wildman–Crippen MR) is 237 cm³/mol. The van der Waals surface area contributed by atoms with Crippen LogP contribution in [0.25, 0.3) is 10.9 Å². The smallest absolute Gasteiger partial charge is 0.243 e. The van der Waals surface area contributed by atoms with Crippen molar-refractivity contribution in [1.82, 2.24) is 36.9 Å². The number of aromatic nitrogens is 1. The second-order valence-electron chi connectivity index (χ2n) is 15.3. The Morgan fingerprint density at radius 2 is 1.18 bits per heavy atom. The monoisotopic (exact) mass is 861 g/mol. The summed E-state index contributed by atoms with van der Waals surface area (Å²) in [6.45, 7) is 5.18. The van der Waals surface area contributed by atoms with Gasteiger partial charge in [-0.05, 0) is 69.2 Å². The predicted octanol–water partition coefficient (Wildman–Crippen LogP) is -0.240. The average molecular weight is 861 g/mol. The number of carbonyl (C=O) groups excluding carboxylic acids is 7. The first-order valence-corrected chi connectivity index (χ1v) is 21.1. The lowest BCUT2D eigenvalue weighted by Gasteiger charge is -2.27. The van der Waals surface area contributed by atoms with Crippen LogP contribution in [-0.2, 0) is 46.4 Å². The van der Waals surface area contributed by atoms with Gasteiger partial charge in [-0.3, -0.25) is 38.6 Å². The molecule has 0 bridgehead atoms. The maximum atomic E-state index is 14.3. The zero-order valence-electron chi connectivity index (χ0n) is 35.8. The highest BCUT2D eigenvalue weighted by Gasteiger charge is 2.32. The number of amides is 7. The van der Waals surface area contributed by atoms with Gasteiger partial charge in [0.15, 0.2) is 5.96 Å². The molecule has 0 saturated heterocycles. The van der Waals surface area contributed by atoms with Crippen LogP contribution in [-0.4, -0.2) is 102 Å². The van der Waals surface area contributed by atoms with Crippen LogP contribution in [0.5, 0.6) is 0 Å². The van der Waals surface area contributed by atoms with Crippen molar-refractivity contribution in [3.8, 4) is 0 Å². The van der Waals surface area contributed by atoms with Gasteiger partial charge in [-0.1, -0.05) is 68.3 Å². The van der Waals surface area contributed by atoms with Crippen molar-refractivity contribution in [2.45, 2.75) is 121 Å². The van der Waals surface area contributed by atoms with Crippen LogP contribution in [0.2, 0.25) is 0 Å². The van der Waals surface area contributed by atoms with Crippen molar-refractivity contribution in [2.75, 3.05) is 13.1 Å². The molecule has 0 aliphatic rings. The first-order chi connectivity index (χ1) is 29.6. The summed E-state index contributed by atoms with van der Waals surface area (Å²) in [6.07, 6.45) is 5.08. The van der Waals surface area contributed by atoms with Gasteiger partial charge in [-0.25, -0.2) is 0 Å². The quantitative estimate of drug-likeness (QED) is 0.0272. The molecular weight excluding hydrogens is 797 g/mol. The molecule has 15 N–H and O–H groups in total. The van der Waals surface area contributed by atoms with Crippen LogP contribution < -0.4 is 54.8 Å². The normalized spacial score (nSPS) is 13.9. The molecule has 0 saturated carbocycles. The van der Waals surface area contributed by atoms with Crippen molar-refractivity contribution in [3.05, 3.63) is 71.9 Å². The van der Waals surface area contributed by atoms with Gasteiger partial charge in [0.05, 0.1) is 0 Å². The van der Waals surface area contributed by atoms with Crippen molar-refractivity contribution in [3.63, 3.8) is 0 Å². The Labute approximate surface area is 362 Å². The molecule has 0 spiro atoms. The molecular formula is C43H64N12O7. The lowest BCUT2D eigenvalue weighted by atomic mass is 10.0. The number of aliphatic imine (C=N–C) groups is 1. The van der Waals surface area contributed by atoms with Gasteiger partial charge in [0.1, 0.15) is 36.3 Å². The number of guanidine groups is 1. The highest BCUT2D eigenvalue weighted by atomic mass is 16.2.